The summed E-state index contributed by atoms with van der Waals surface area (Å²) in [7, 11) is 6.70. The summed E-state index contributed by atoms with van der Waals surface area (Å²) in [6, 6.07) is 5.88. The third-order valence-corrected chi connectivity index (χ3v) is 3.70. The lowest BCUT2D eigenvalue weighted by Gasteiger charge is -2.15. The average Bonchev–Trinajstić information content (AvgIpc) is 2.62. The highest BCUT2D eigenvalue weighted by atomic mass is 127. The summed E-state index contributed by atoms with van der Waals surface area (Å²) in [5, 5.41) is 6.54. The van der Waals surface area contributed by atoms with Crippen LogP contribution in [0, 0.1) is 5.92 Å². The first kappa shape index (κ1) is 25.3. The fourth-order valence-corrected chi connectivity index (χ4v) is 2.12. The van der Waals surface area contributed by atoms with Crippen molar-refractivity contribution in [2.24, 2.45) is 10.9 Å². The molecule has 0 heterocycles. The van der Waals surface area contributed by atoms with Crippen LogP contribution < -0.4 is 20.1 Å². The predicted octanol–water partition coefficient (Wildman–Crippen LogP) is 2.14. The van der Waals surface area contributed by atoms with Gasteiger partial charge < -0.3 is 25.0 Å². The summed E-state index contributed by atoms with van der Waals surface area (Å²) >= 11 is 0. The fraction of sp³-hybridized carbons (Fsp3) is 0.579. The second-order valence-corrected chi connectivity index (χ2v) is 6.59. The van der Waals surface area contributed by atoms with E-state index in [4.69, 9.17) is 9.47 Å². The van der Waals surface area contributed by atoms with Gasteiger partial charge in [-0.3, -0.25) is 4.79 Å². The van der Waals surface area contributed by atoms with Crippen LogP contribution in [0.1, 0.15) is 19.4 Å². The molecule has 1 aromatic carbocycles. The number of amides is 1. The molecule has 0 unspecified atom stereocenters. The summed E-state index contributed by atoms with van der Waals surface area (Å²) in [5.41, 5.74) is 1.13. The third-order valence-electron chi connectivity index (χ3n) is 3.70. The average molecular weight is 492 g/mol. The number of benzene rings is 1. The third kappa shape index (κ3) is 9.69. The fourth-order valence-electron chi connectivity index (χ4n) is 2.12. The quantitative estimate of drug-likeness (QED) is 0.314. The van der Waals surface area contributed by atoms with Crippen molar-refractivity contribution in [3.05, 3.63) is 23.8 Å². The van der Waals surface area contributed by atoms with E-state index < -0.39 is 0 Å². The van der Waals surface area contributed by atoms with Gasteiger partial charge in [-0.2, -0.15) is 0 Å². The maximum atomic E-state index is 11.7. The molecule has 154 valence electrons. The van der Waals surface area contributed by atoms with Crippen LogP contribution in [0.3, 0.4) is 0 Å². The van der Waals surface area contributed by atoms with Gasteiger partial charge in [0.15, 0.2) is 17.5 Å². The molecule has 1 aromatic rings. The summed E-state index contributed by atoms with van der Waals surface area (Å²) in [4.78, 5) is 17.7. The van der Waals surface area contributed by atoms with Gasteiger partial charge >= 0.3 is 0 Å². The number of methoxy groups -OCH3 is 2. The minimum Gasteiger partial charge on any atom is -0.493 e. The minimum absolute atomic E-state index is 0. The van der Waals surface area contributed by atoms with Crippen molar-refractivity contribution < 1.29 is 14.3 Å². The number of rotatable bonds is 9. The van der Waals surface area contributed by atoms with Crippen molar-refractivity contribution >= 4 is 35.8 Å². The Hall–Kier alpha value is -1.71. The summed E-state index contributed by atoms with van der Waals surface area (Å²) < 4.78 is 10.6. The zero-order valence-electron chi connectivity index (χ0n) is 17.2. The number of aliphatic imine (C=N–C) groups is 1. The number of likely N-dealkylation sites (N-methyl/N-ethyl adjacent to an activating group) is 1. The smallest absolute Gasteiger partial charge is 0.243 e. The number of guanidine groups is 1. The van der Waals surface area contributed by atoms with E-state index in [9.17, 15) is 4.79 Å². The molecular weight excluding hydrogens is 459 g/mol. The molecule has 0 atom stereocenters. The van der Waals surface area contributed by atoms with Crippen LogP contribution in [0.2, 0.25) is 0 Å². The van der Waals surface area contributed by atoms with Crippen LogP contribution in [0.25, 0.3) is 0 Å². The molecule has 1 amide bonds. The molecule has 1 rings (SSSR count). The number of nitrogens with zero attached hydrogens (tertiary/aromatic N) is 2. The molecule has 0 saturated carbocycles. The van der Waals surface area contributed by atoms with Gasteiger partial charge in [0, 0.05) is 27.2 Å². The van der Waals surface area contributed by atoms with Crippen molar-refractivity contribution in [1.29, 1.82) is 0 Å². The van der Waals surface area contributed by atoms with E-state index in [1.165, 1.54) is 4.90 Å². The van der Waals surface area contributed by atoms with E-state index in [0.29, 0.717) is 29.9 Å². The van der Waals surface area contributed by atoms with Gasteiger partial charge in [-0.15, -0.1) is 24.0 Å². The Labute approximate surface area is 179 Å². The first-order valence-electron chi connectivity index (χ1n) is 8.80. The van der Waals surface area contributed by atoms with Gasteiger partial charge in [-0.05, 0) is 30.0 Å². The molecule has 0 aliphatic carbocycles. The van der Waals surface area contributed by atoms with E-state index in [0.717, 1.165) is 18.5 Å². The maximum Gasteiger partial charge on any atom is 0.243 e. The SMILES string of the molecule is COc1ccc(CCNC(=NCC(=O)N(C)C)NCC(C)C)cc1OC.I. The predicted molar refractivity (Wildman–Crippen MR) is 121 cm³/mol. The Morgan fingerprint density at radius 3 is 2.37 bits per heavy atom. The molecule has 0 spiro atoms. The Bertz CT molecular complexity index is 607. The second-order valence-electron chi connectivity index (χ2n) is 6.59. The molecule has 0 aliphatic heterocycles. The molecule has 0 saturated heterocycles. The molecule has 0 radical (unpaired) electrons. The molecule has 0 bridgehead atoms. The minimum atomic E-state index is -0.0319. The van der Waals surface area contributed by atoms with E-state index in [-0.39, 0.29) is 36.4 Å². The van der Waals surface area contributed by atoms with Crippen molar-refractivity contribution in [3.8, 4) is 11.5 Å². The molecule has 27 heavy (non-hydrogen) atoms. The van der Waals surface area contributed by atoms with E-state index >= 15 is 0 Å². The molecule has 2 N–H and O–H groups in total. The number of ether oxygens (including phenoxy) is 2. The van der Waals surface area contributed by atoms with E-state index in [1.54, 1.807) is 28.3 Å². The van der Waals surface area contributed by atoms with Gasteiger partial charge in [0.25, 0.3) is 0 Å². The van der Waals surface area contributed by atoms with Crippen molar-refractivity contribution in [3.63, 3.8) is 0 Å². The molecule has 7 nitrogen and oxygen atoms in total. The van der Waals surface area contributed by atoms with Crippen LogP contribution >= 0.6 is 24.0 Å². The normalized spacial score (nSPS) is 10.9. The Kier molecular flexibility index (Phi) is 12.6. The lowest BCUT2D eigenvalue weighted by atomic mass is 10.1. The van der Waals surface area contributed by atoms with Crippen molar-refractivity contribution in [2.45, 2.75) is 20.3 Å². The van der Waals surface area contributed by atoms with Crippen molar-refractivity contribution in [2.75, 3.05) is 47.9 Å². The molecule has 0 aromatic heterocycles. The summed E-state index contributed by atoms with van der Waals surface area (Å²) in [6.45, 7) is 5.85. The van der Waals surface area contributed by atoms with Crippen LogP contribution in [0.15, 0.2) is 23.2 Å². The molecule has 0 fully saturated rings. The Morgan fingerprint density at radius 2 is 1.81 bits per heavy atom. The maximum absolute atomic E-state index is 11.7. The molecule has 8 heteroatoms. The lowest BCUT2D eigenvalue weighted by Crippen LogP contribution is -2.41. The van der Waals surface area contributed by atoms with Gasteiger partial charge in [-0.1, -0.05) is 19.9 Å². The first-order chi connectivity index (χ1) is 12.4. The Balaban J connectivity index is 0.00000676. The highest BCUT2D eigenvalue weighted by molar-refractivity contribution is 14.0. The van der Waals surface area contributed by atoms with Gasteiger partial charge in [-0.25, -0.2) is 4.99 Å². The van der Waals surface area contributed by atoms with Gasteiger partial charge in [0.1, 0.15) is 6.54 Å². The van der Waals surface area contributed by atoms with Crippen molar-refractivity contribution in [1.82, 2.24) is 15.5 Å². The van der Waals surface area contributed by atoms with Crippen LogP contribution in [0.4, 0.5) is 0 Å². The summed E-state index contributed by atoms with van der Waals surface area (Å²) in [5.74, 6) is 2.53. The number of nitrogens with one attached hydrogen (secondary N) is 2. The number of carbonyl (C=O) groups excluding carboxylic acids is 1. The van der Waals surface area contributed by atoms with Crippen LogP contribution in [0.5, 0.6) is 11.5 Å². The van der Waals surface area contributed by atoms with Crippen LogP contribution in [-0.4, -0.2) is 64.7 Å². The van der Waals surface area contributed by atoms with Gasteiger partial charge in [0.2, 0.25) is 5.91 Å². The summed E-state index contributed by atoms with van der Waals surface area (Å²) in [6.07, 6.45) is 0.796. The zero-order valence-corrected chi connectivity index (χ0v) is 19.5. The first-order valence-corrected chi connectivity index (χ1v) is 8.80. The standard InChI is InChI=1S/C19H32N4O3.HI/c1-14(2)12-21-19(22-13-18(24)23(3)4)20-10-9-15-7-8-16(25-5)17(11-15)26-6;/h7-8,11,14H,9-10,12-13H2,1-6H3,(H2,20,21,22);1H. The molecule has 0 aliphatic rings. The number of hydrogen-bond acceptors (Lipinski definition) is 4. The lowest BCUT2D eigenvalue weighted by molar-refractivity contribution is -0.127. The highest BCUT2D eigenvalue weighted by Crippen LogP contribution is 2.27. The highest BCUT2D eigenvalue weighted by Gasteiger charge is 2.07. The second kappa shape index (κ2) is 13.5. The monoisotopic (exact) mass is 492 g/mol. The van der Waals surface area contributed by atoms with E-state index in [1.807, 2.05) is 18.2 Å². The van der Waals surface area contributed by atoms with E-state index in [2.05, 4.69) is 29.5 Å². The largest absolute Gasteiger partial charge is 0.493 e. The van der Waals surface area contributed by atoms with Gasteiger partial charge in [0.05, 0.1) is 14.2 Å². The number of halogens is 1. The zero-order chi connectivity index (χ0) is 19.5. The Morgan fingerprint density at radius 1 is 1.15 bits per heavy atom. The topological polar surface area (TPSA) is 75.2 Å². The number of hydrogen-bond donors (Lipinski definition) is 2. The number of carbonyl (C=O) groups is 1. The van der Waals surface area contributed by atoms with Crippen LogP contribution in [-0.2, 0) is 11.2 Å². The molecular formula is C19H33IN4O3.